The van der Waals surface area contributed by atoms with Crippen LogP contribution in [0.15, 0.2) is 12.1 Å². The van der Waals surface area contributed by atoms with Crippen LogP contribution in [0.5, 0.6) is 6.01 Å². The van der Waals surface area contributed by atoms with Gasteiger partial charge in [0, 0.05) is 23.7 Å². The topological polar surface area (TPSA) is 51.1 Å². The van der Waals surface area contributed by atoms with E-state index in [1.807, 2.05) is 0 Å². The summed E-state index contributed by atoms with van der Waals surface area (Å²) in [4.78, 5) is 15.2. The van der Waals surface area contributed by atoms with Gasteiger partial charge in [-0.1, -0.05) is 24.4 Å². The number of piperidine rings is 1. The van der Waals surface area contributed by atoms with E-state index in [2.05, 4.69) is 26.8 Å². The van der Waals surface area contributed by atoms with Crippen molar-refractivity contribution in [3.63, 3.8) is 0 Å². The van der Waals surface area contributed by atoms with E-state index >= 15 is 4.39 Å². The van der Waals surface area contributed by atoms with Gasteiger partial charge < -0.3 is 9.64 Å². The molecule has 1 aromatic carbocycles. The van der Waals surface area contributed by atoms with Crippen LogP contribution in [-0.2, 0) is 6.18 Å². The van der Waals surface area contributed by atoms with Crippen LogP contribution in [0.2, 0.25) is 5.02 Å². The molecule has 204 valence electrons. The lowest BCUT2D eigenvalue weighted by atomic mass is 9.98. The van der Waals surface area contributed by atoms with Crippen LogP contribution in [0.3, 0.4) is 0 Å². The van der Waals surface area contributed by atoms with Crippen molar-refractivity contribution in [1.82, 2.24) is 15.0 Å². The van der Waals surface area contributed by atoms with Gasteiger partial charge in [0.1, 0.15) is 11.3 Å². The average Bonchev–Trinajstić information content (AvgIpc) is 3.35. The molecule has 2 aromatic heterocycles. The number of hydrogen-bond acceptors (Lipinski definition) is 5. The number of rotatable bonds is 5. The molecule has 1 saturated heterocycles. The third-order valence-corrected chi connectivity index (χ3v) is 8.00. The van der Waals surface area contributed by atoms with E-state index in [0.717, 1.165) is 44.9 Å². The molecule has 2 fully saturated rings. The first-order valence-corrected chi connectivity index (χ1v) is 13.6. The number of ether oxygens (including phenoxy) is 1. The van der Waals surface area contributed by atoms with Crippen LogP contribution < -0.4 is 9.64 Å². The molecule has 2 aliphatic rings. The van der Waals surface area contributed by atoms with Crippen molar-refractivity contribution >= 4 is 28.3 Å². The van der Waals surface area contributed by atoms with Crippen molar-refractivity contribution in [1.29, 1.82) is 0 Å². The first-order valence-electron chi connectivity index (χ1n) is 13.2. The lowest BCUT2D eigenvalue weighted by molar-refractivity contribution is -0.137. The minimum absolute atomic E-state index is 0.0220. The van der Waals surface area contributed by atoms with Crippen molar-refractivity contribution < 1.29 is 22.3 Å². The first kappa shape index (κ1) is 26.9. The molecule has 0 unspecified atom stereocenters. The average molecular weight is 551 g/mol. The minimum Gasteiger partial charge on any atom is -0.463 e. The Morgan fingerprint density at radius 2 is 1.74 bits per heavy atom. The SMILES string of the molecule is Cc1cc(C)c(C(F)(F)F)c(-c2c(Cl)cc3c(N4CCCC[C@@H]4C)nc(OCC4CCCC4)nc3c2F)n1. The number of pyridine rings is 1. The number of halogens is 5. The van der Waals surface area contributed by atoms with E-state index in [0.29, 0.717) is 36.0 Å². The largest absolute Gasteiger partial charge is 0.463 e. The maximum absolute atomic E-state index is 16.4. The fourth-order valence-electron chi connectivity index (χ4n) is 5.82. The van der Waals surface area contributed by atoms with Gasteiger partial charge in [-0.25, -0.2) is 4.39 Å². The molecule has 0 radical (unpaired) electrons. The molecule has 1 saturated carbocycles. The third kappa shape index (κ3) is 5.14. The van der Waals surface area contributed by atoms with Gasteiger partial charge in [-0.05, 0) is 76.5 Å². The predicted molar refractivity (Wildman–Crippen MR) is 140 cm³/mol. The number of fused-ring (bicyclic) bond motifs is 1. The number of nitrogens with zero attached hydrogens (tertiary/aromatic N) is 4. The zero-order valence-corrected chi connectivity index (χ0v) is 22.5. The molecule has 1 atom stereocenters. The number of alkyl halides is 3. The van der Waals surface area contributed by atoms with Crippen molar-refractivity contribution in [3.8, 4) is 17.3 Å². The quantitative estimate of drug-likeness (QED) is 0.301. The van der Waals surface area contributed by atoms with Crippen molar-refractivity contribution in [2.24, 2.45) is 5.92 Å². The molecular weight excluding hydrogens is 520 g/mol. The Kier molecular flexibility index (Phi) is 7.42. The molecule has 1 aliphatic carbocycles. The smallest absolute Gasteiger partial charge is 0.418 e. The Hall–Kier alpha value is -2.68. The summed E-state index contributed by atoms with van der Waals surface area (Å²) in [6.45, 7) is 6.11. The third-order valence-electron chi connectivity index (χ3n) is 7.71. The highest BCUT2D eigenvalue weighted by atomic mass is 35.5. The Morgan fingerprint density at radius 3 is 2.42 bits per heavy atom. The summed E-state index contributed by atoms with van der Waals surface area (Å²) in [5.74, 6) is -0.0963. The van der Waals surface area contributed by atoms with Gasteiger partial charge in [-0.15, -0.1) is 0 Å². The van der Waals surface area contributed by atoms with E-state index in [4.69, 9.17) is 16.3 Å². The minimum atomic E-state index is -4.75. The molecule has 5 nitrogen and oxygen atoms in total. The van der Waals surface area contributed by atoms with Crippen molar-refractivity contribution in [2.45, 2.75) is 77.9 Å². The van der Waals surface area contributed by atoms with Crippen LogP contribution in [0.4, 0.5) is 23.4 Å². The van der Waals surface area contributed by atoms with E-state index < -0.39 is 28.8 Å². The summed E-state index contributed by atoms with van der Waals surface area (Å²) in [6.07, 6.45) is 2.61. The van der Waals surface area contributed by atoms with Gasteiger partial charge in [-0.2, -0.15) is 23.1 Å². The lowest BCUT2D eigenvalue weighted by Crippen LogP contribution is -2.38. The second kappa shape index (κ2) is 10.5. The standard InChI is InChI=1S/C28H31ClF4N4O/c1-15-12-16(2)34-25(22(15)28(31,32)33)21-20(29)13-19-24(23(21)30)35-27(38-14-18-9-4-5-10-18)36-26(19)37-11-7-6-8-17(37)3/h12-13,17-18H,4-11,14H2,1-3H3/t17-/m0/s1. The maximum atomic E-state index is 16.4. The van der Waals surface area contributed by atoms with Crippen LogP contribution in [0, 0.1) is 25.6 Å². The zero-order chi connectivity index (χ0) is 27.2. The molecule has 3 heterocycles. The molecule has 1 aliphatic heterocycles. The number of aromatic nitrogens is 3. The van der Waals surface area contributed by atoms with Gasteiger partial charge in [0.05, 0.1) is 28.5 Å². The Bertz CT molecular complexity index is 1360. The van der Waals surface area contributed by atoms with Gasteiger partial charge in [0.15, 0.2) is 5.82 Å². The van der Waals surface area contributed by atoms with Crippen LogP contribution >= 0.6 is 11.6 Å². The van der Waals surface area contributed by atoms with E-state index in [9.17, 15) is 13.2 Å². The lowest BCUT2D eigenvalue weighted by Gasteiger charge is -2.35. The van der Waals surface area contributed by atoms with Gasteiger partial charge in [0.25, 0.3) is 0 Å². The summed E-state index contributed by atoms with van der Waals surface area (Å²) in [5.41, 5.74) is -1.83. The van der Waals surface area contributed by atoms with Gasteiger partial charge in [0.2, 0.25) is 0 Å². The number of hydrogen-bond donors (Lipinski definition) is 0. The maximum Gasteiger partial charge on any atom is 0.418 e. The Labute approximate surface area is 224 Å². The molecule has 0 spiro atoms. The summed E-state index contributed by atoms with van der Waals surface area (Å²) < 4.78 is 64.6. The zero-order valence-electron chi connectivity index (χ0n) is 21.8. The highest BCUT2D eigenvalue weighted by Crippen LogP contribution is 2.44. The summed E-state index contributed by atoms with van der Waals surface area (Å²) in [7, 11) is 0. The van der Waals surface area contributed by atoms with E-state index in [-0.39, 0.29) is 28.2 Å². The summed E-state index contributed by atoms with van der Waals surface area (Å²) in [6, 6.07) is 2.95. The second-order valence-electron chi connectivity index (χ2n) is 10.6. The first-order chi connectivity index (χ1) is 18.0. The number of benzene rings is 1. The Balaban J connectivity index is 1.72. The van der Waals surface area contributed by atoms with Crippen molar-refractivity contribution in [2.75, 3.05) is 18.1 Å². The summed E-state index contributed by atoms with van der Waals surface area (Å²) >= 11 is 6.55. The van der Waals surface area contributed by atoms with E-state index in [1.54, 1.807) is 6.92 Å². The highest BCUT2D eigenvalue weighted by molar-refractivity contribution is 6.34. The molecular formula is C28H31ClF4N4O. The molecule has 3 aromatic rings. The van der Waals surface area contributed by atoms with Gasteiger partial charge >= 0.3 is 12.2 Å². The number of aryl methyl sites for hydroxylation is 2. The molecule has 5 rings (SSSR count). The van der Waals surface area contributed by atoms with Gasteiger partial charge in [-0.3, -0.25) is 4.98 Å². The molecule has 0 N–H and O–H groups in total. The van der Waals surface area contributed by atoms with E-state index in [1.165, 1.54) is 19.1 Å². The monoisotopic (exact) mass is 550 g/mol. The van der Waals surface area contributed by atoms with Crippen LogP contribution in [-0.4, -0.2) is 34.1 Å². The van der Waals surface area contributed by atoms with Crippen molar-refractivity contribution in [3.05, 3.63) is 39.8 Å². The highest BCUT2D eigenvalue weighted by Gasteiger charge is 2.38. The normalized spacial score (nSPS) is 18.9. The second-order valence-corrected chi connectivity index (χ2v) is 11.0. The van der Waals surface area contributed by atoms with Crippen LogP contribution in [0.1, 0.15) is 68.7 Å². The van der Waals surface area contributed by atoms with Crippen LogP contribution in [0.25, 0.3) is 22.2 Å². The molecule has 0 amide bonds. The summed E-state index contributed by atoms with van der Waals surface area (Å²) in [5, 5.41) is 0.170. The number of anilines is 1. The molecule has 0 bridgehead atoms. The fraction of sp³-hybridized carbons (Fsp3) is 0.536. The fourth-order valence-corrected chi connectivity index (χ4v) is 6.10. The predicted octanol–water partition coefficient (Wildman–Crippen LogP) is 8.07. The molecule has 38 heavy (non-hydrogen) atoms. The Morgan fingerprint density at radius 1 is 1.03 bits per heavy atom. The molecule has 10 heteroatoms.